The second-order valence-corrected chi connectivity index (χ2v) is 29.9. The Morgan fingerprint density at radius 3 is 2.09 bits per heavy atom. The topological polar surface area (TPSA) is 0 Å². The van der Waals surface area contributed by atoms with Crippen LogP contribution in [0.2, 0.25) is 0 Å². The van der Waals surface area contributed by atoms with E-state index in [1.54, 1.807) is 0 Å². The number of allylic oxidation sites excluding steroid dienone is 1. The van der Waals surface area contributed by atoms with Crippen LogP contribution in [0, 0.1) is 0 Å². The normalized spacial score (nSPS) is 15.7. The van der Waals surface area contributed by atoms with Gasteiger partial charge in [0.1, 0.15) is 0 Å². The average molecular weight is 751 g/mol. The Morgan fingerprint density at radius 1 is 0.702 bits per heavy atom. The number of hydrogen-bond acceptors (Lipinski definition) is 0. The maximum atomic E-state index is 8.04. The molecule has 238 valence electrons. The number of benzene rings is 5. The molecule has 0 spiro atoms. The summed E-state index contributed by atoms with van der Waals surface area (Å²) in [5.41, 5.74) is 14.8. The van der Waals surface area contributed by atoms with Gasteiger partial charge in [-0.1, -0.05) is 0 Å². The molecule has 1 heterocycles. The van der Waals surface area contributed by atoms with Crippen LogP contribution in [0.4, 0.5) is 0 Å². The maximum absolute atomic E-state index is 8.04. The molecule has 1 atom stereocenters. The SMILES string of the molecule is CCCCC1=Cc2c(ccc(-c3ccccc3)c2-c2cc(C(C)C)cc(C(C)C)c2)[CH]1[Zr]([Cl])([Cl])[c]1cccc2c1[SiH2]c1ccccc1-2. The van der Waals surface area contributed by atoms with Crippen LogP contribution in [-0.2, 0) is 17.9 Å². The van der Waals surface area contributed by atoms with E-state index in [0.717, 1.165) is 19.3 Å². The second kappa shape index (κ2) is 13.4. The van der Waals surface area contributed by atoms with Gasteiger partial charge >= 0.3 is 298 Å². The van der Waals surface area contributed by atoms with Gasteiger partial charge in [-0.3, -0.25) is 0 Å². The molecule has 0 N–H and O–H groups in total. The minimum absolute atomic E-state index is 0.0832. The summed E-state index contributed by atoms with van der Waals surface area (Å²) in [6.07, 6.45) is 5.83. The number of halogens is 2. The third kappa shape index (κ3) is 6.03. The molecule has 0 saturated heterocycles. The molecular weight excluding hydrogens is 707 g/mol. The standard InChI is InChI=1S/C31H35.C12H9Si.2ClH.Zr/c1-6-7-11-23-16-25-14-15-29(24-12-9-8-10-13-24)31(30(25)17-23)28-19-26(21(2)3)18-27(20-28)22(4)5;1-3-7-11-9(5-1)10-6-2-4-8-12(10)13-11;;;/h8-10,12-22H,6-7,11H2,1-5H3;1-7H,13H2;2*1H;/q;;;;+2/p-2. The van der Waals surface area contributed by atoms with Gasteiger partial charge in [0.05, 0.1) is 0 Å². The van der Waals surface area contributed by atoms with E-state index in [2.05, 4.69) is 144 Å². The zero-order valence-corrected chi connectivity index (χ0v) is 33.6. The molecule has 0 saturated carbocycles. The molecule has 0 fully saturated rings. The van der Waals surface area contributed by atoms with Crippen LogP contribution in [0.25, 0.3) is 39.5 Å². The predicted molar refractivity (Wildman–Crippen MR) is 207 cm³/mol. The van der Waals surface area contributed by atoms with Gasteiger partial charge < -0.3 is 0 Å². The van der Waals surface area contributed by atoms with Gasteiger partial charge in [0.2, 0.25) is 0 Å². The van der Waals surface area contributed by atoms with Gasteiger partial charge in [-0.2, -0.15) is 0 Å². The third-order valence-corrected chi connectivity index (χ3v) is 24.7. The van der Waals surface area contributed by atoms with E-state index in [0.29, 0.717) is 11.8 Å². The van der Waals surface area contributed by atoms with Crippen LogP contribution in [0.3, 0.4) is 0 Å². The first kappa shape index (κ1) is 33.0. The van der Waals surface area contributed by atoms with Crippen molar-refractivity contribution in [3.05, 3.63) is 131 Å². The Bertz CT molecular complexity index is 1960. The summed E-state index contributed by atoms with van der Waals surface area (Å²) in [6.45, 7) is 11.5. The van der Waals surface area contributed by atoms with Crippen LogP contribution in [0.1, 0.15) is 91.6 Å². The molecule has 1 unspecified atom stereocenters. The van der Waals surface area contributed by atoms with Crippen LogP contribution >= 0.6 is 17.0 Å². The van der Waals surface area contributed by atoms with Crippen molar-refractivity contribution >= 4 is 46.3 Å². The zero-order chi connectivity index (χ0) is 32.9. The van der Waals surface area contributed by atoms with Crippen LogP contribution in [0.5, 0.6) is 0 Å². The monoisotopic (exact) mass is 748 g/mol. The molecule has 0 amide bonds. The van der Waals surface area contributed by atoms with Crippen molar-refractivity contribution in [3.8, 4) is 33.4 Å². The number of rotatable bonds is 9. The molecular formula is C43H44Cl2SiZr. The van der Waals surface area contributed by atoms with Gasteiger partial charge in [0.25, 0.3) is 0 Å². The van der Waals surface area contributed by atoms with Crippen molar-refractivity contribution in [2.45, 2.75) is 69.3 Å². The average Bonchev–Trinajstić information content (AvgIpc) is 3.65. The molecule has 7 rings (SSSR count). The van der Waals surface area contributed by atoms with Crippen molar-refractivity contribution in [1.82, 2.24) is 0 Å². The van der Waals surface area contributed by atoms with Gasteiger partial charge in [0.15, 0.2) is 0 Å². The van der Waals surface area contributed by atoms with Crippen molar-refractivity contribution < 1.29 is 17.9 Å². The molecule has 0 bridgehead atoms. The summed E-state index contributed by atoms with van der Waals surface area (Å²) in [7, 11) is 15.4. The van der Waals surface area contributed by atoms with Gasteiger partial charge in [-0.25, -0.2) is 0 Å². The summed E-state index contributed by atoms with van der Waals surface area (Å²) in [6, 6.07) is 38.7. The van der Waals surface area contributed by atoms with Crippen molar-refractivity contribution in [1.29, 1.82) is 0 Å². The summed E-state index contributed by atoms with van der Waals surface area (Å²) < 4.78 is 1.39. The molecule has 5 aromatic carbocycles. The van der Waals surface area contributed by atoms with E-state index >= 15 is 0 Å². The molecule has 5 aromatic rings. The molecule has 0 radical (unpaired) electrons. The predicted octanol–water partition coefficient (Wildman–Crippen LogP) is 10.8. The summed E-state index contributed by atoms with van der Waals surface area (Å²) in [5.74, 6) is 0.881. The van der Waals surface area contributed by atoms with E-state index in [1.807, 2.05) is 0 Å². The zero-order valence-electron chi connectivity index (χ0n) is 28.2. The number of hydrogen-bond donors (Lipinski definition) is 0. The van der Waals surface area contributed by atoms with Crippen molar-refractivity contribution in [2.24, 2.45) is 0 Å². The van der Waals surface area contributed by atoms with E-state index in [1.165, 1.54) is 74.9 Å². The van der Waals surface area contributed by atoms with E-state index in [4.69, 9.17) is 17.0 Å². The van der Waals surface area contributed by atoms with Gasteiger partial charge in [0, 0.05) is 0 Å². The summed E-state index contributed by atoms with van der Waals surface area (Å²) in [4.78, 5) is 0. The number of unbranched alkanes of at least 4 members (excludes halogenated alkanes) is 1. The quantitative estimate of drug-likeness (QED) is 0.129. The van der Waals surface area contributed by atoms with Gasteiger partial charge in [-0.05, 0) is 0 Å². The second-order valence-electron chi connectivity index (χ2n) is 14.1. The fourth-order valence-corrected chi connectivity index (χ4v) is 24.7. The van der Waals surface area contributed by atoms with Crippen LogP contribution < -0.4 is 13.6 Å². The third-order valence-electron chi connectivity index (χ3n) is 10.4. The molecule has 0 nitrogen and oxygen atoms in total. The first-order chi connectivity index (χ1) is 22.7. The Balaban J connectivity index is 1.46. The fraction of sp³-hybridized carbons (Fsp3) is 0.256. The Labute approximate surface area is 295 Å². The molecule has 4 heteroatoms. The van der Waals surface area contributed by atoms with E-state index < -0.39 is 27.4 Å². The summed E-state index contributed by atoms with van der Waals surface area (Å²) >= 11 is -4.09. The molecule has 0 aromatic heterocycles. The van der Waals surface area contributed by atoms with E-state index in [9.17, 15) is 0 Å². The summed E-state index contributed by atoms with van der Waals surface area (Å²) in [5, 5.41) is 3.00. The van der Waals surface area contributed by atoms with Crippen LogP contribution in [-0.4, -0.2) is 9.52 Å². The molecule has 1 aliphatic carbocycles. The number of fused-ring (bicyclic) bond motifs is 4. The molecule has 1 aliphatic heterocycles. The first-order valence-corrected chi connectivity index (χ1v) is 27.7. The van der Waals surface area contributed by atoms with E-state index in [-0.39, 0.29) is 3.63 Å². The Kier molecular flexibility index (Phi) is 9.45. The fourth-order valence-electron chi connectivity index (χ4n) is 7.82. The first-order valence-electron chi connectivity index (χ1n) is 17.4. The van der Waals surface area contributed by atoms with Crippen molar-refractivity contribution in [2.75, 3.05) is 0 Å². The Hall–Kier alpha value is -2.48. The minimum atomic E-state index is -4.09. The van der Waals surface area contributed by atoms with Crippen molar-refractivity contribution in [3.63, 3.8) is 0 Å². The Morgan fingerprint density at radius 2 is 1.38 bits per heavy atom. The molecule has 2 aliphatic rings. The van der Waals surface area contributed by atoms with Crippen LogP contribution in [0.15, 0.2) is 109 Å². The van der Waals surface area contributed by atoms with Gasteiger partial charge in [-0.15, -0.1) is 0 Å². The molecule has 47 heavy (non-hydrogen) atoms.